The van der Waals surface area contributed by atoms with Gasteiger partial charge in [-0.05, 0) is 62.4 Å². The van der Waals surface area contributed by atoms with Crippen molar-refractivity contribution in [1.82, 2.24) is 9.80 Å². The van der Waals surface area contributed by atoms with Crippen LogP contribution in [0, 0.1) is 0 Å². The van der Waals surface area contributed by atoms with E-state index in [0.717, 1.165) is 75.0 Å². The molecule has 0 spiro atoms. The van der Waals surface area contributed by atoms with Gasteiger partial charge in [0, 0.05) is 32.1 Å². The highest BCUT2D eigenvalue weighted by Gasteiger charge is 2.25. The zero-order valence-electron chi connectivity index (χ0n) is 20.2. The number of likely N-dealkylation sites (N-methyl/N-ethyl adjacent to an activating group) is 1. The largest absolute Gasteiger partial charge is 0.465 e. The molecule has 0 bridgehead atoms. The van der Waals surface area contributed by atoms with Crippen LogP contribution in [0.4, 0.5) is 10.5 Å². The van der Waals surface area contributed by atoms with Crippen LogP contribution < -0.4 is 11.1 Å². The highest BCUT2D eigenvalue weighted by molar-refractivity contribution is 5.92. The number of amides is 2. The van der Waals surface area contributed by atoms with E-state index >= 15 is 0 Å². The Balaban J connectivity index is 1.57. The number of carbonyl (C=O) groups is 2. The van der Waals surface area contributed by atoms with Gasteiger partial charge in [0.2, 0.25) is 5.91 Å². The van der Waals surface area contributed by atoms with E-state index in [0.29, 0.717) is 24.6 Å². The van der Waals surface area contributed by atoms with E-state index in [1.54, 1.807) is 0 Å². The Kier molecular flexibility index (Phi) is 9.91. The fourth-order valence-corrected chi connectivity index (χ4v) is 4.69. The van der Waals surface area contributed by atoms with Crippen molar-refractivity contribution in [2.24, 2.45) is 5.73 Å². The molecule has 0 saturated carbocycles. The van der Waals surface area contributed by atoms with Gasteiger partial charge in [-0.25, -0.2) is 4.79 Å². The first-order valence-corrected chi connectivity index (χ1v) is 12.3. The quantitative estimate of drug-likeness (QED) is 0.420. The molecule has 4 N–H and O–H groups in total. The maximum atomic E-state index is 12.3. The van der Waals surface area contributed by atoms with Crippen molar-refractivity contribution < 1.29 is 14.7 Å². The van der Waals surface area contributed by atoms with Crippen LogP contribution in [0.25, 0.3) is 11.1 Å². The van der Waals surface area contributed by atoms with Gasteiger partial charge in [0.15, 0.2) is 0 Å². The van der Waals surface area contributed by atoms with E-state index in [1.165, 1.54) is 0 Å². The van der Waals surface area contributed by atoms with E-state index in [4.69, 9.17) is 5.73 Å². The molecular formula is C27H38N4O3. The SMILES string of the molecule is CN(CCN1CCC(c2cccc(-c3ccccc3)c2NC(=O)O)CC1)C(=O)CCCCCN. The molecule has 1 saturated heterocycles. The molecule has 3 rings (SSSR count). The van der Waals surface area contributed by atoms with Crippen LogP contribution in [0.15, 0.2) is 48.5 Å². The number of nitrogens with zero attached hydrogens (tertiary/aromatic N) is 2. The van der Waals surface area contributed by atoms with E-state index < -0.39 is 6.09 Å². The number of hydrogen-bond donors (Lipinski definition) is 3. The van der Waals surface area contributed by atoms with Gasteiger partial charge in [0.05, 0.1) is 5.69 Å². The van der Waals surface area contributed by atoms with Crippen molar-refractivity contribution in [3.05, 3.63) is 54.1 Å². The number of carboxylic acid groups (broad SMARTS) is 1. The Labute approximate surface area is 202 Å². The molecule has 34 heavy (non-hydrogen) atoms. The molecule has 1 aliphatic heterocycles. The van der Waals surface area contributed by atoms with Gasteiger partial charge in [-0.15, -0.1) is 0 Å². The number of rotatable bonds is 11. The summed E-state index contributed by atoms with van der Waals surface area (Å²) in [6.45, 7) is 4.15. The Hall–Kier alpha value is -2.90. The van der Waals surface area contributed by atoms with Gasteiger partial charge < -0.3 is 20.6 Å². The second-order valence-electron chi connectivity index (χ2n) is 9.10. The molecule has 0 aliphatic carbocycles. The summed E-state index contributed by atoms with van der Waals surface area (Å²) < 4.78 is 0. The van der Waals surface area contributed by atoms with E-state index in [2.05, 4.69) is 16.3 Å². The van der Waals surface area contributed by atoms with Crippen molar-refractivity contribution in [1.29, 1.82) is 0 Å². The lowest BCUT2D eigenvalue weighted by molar-refractivity contribution is -0.130. The summed E-state index contributed by atoms with van der Waals surface area (Å²) in [6, 6.07) is 15.9. The summed E-state index contributed by atoms with van der Waals surface area (Å²) in [5, 5.41) is 12.2. The second kappa shape index (κ2) is 13.1. The molecule has 184 valence electrons. The Morgan fingerprint density at radius 3 is 2.47 bits per heavy atom. The van der Waals surface area contributed by atoms with Crippen molar-refractivity contribution in [2.75, 3.05) is 45.1 Å². The maximum Gasteiger partial charge on any atom is 0.409 e. The summed E-state index contributed by atoms with van der Waals surface area (Å²) in [5.74, 6) is 0.498. The summed E-state index contributed by atoms with van der Waals surface area (Å²) in [6.07, 6.45) is 4.36. The molecule has 2 aromatic carbocycles. The Morgan fingerprint density at radius 1 is 1.06 bits per heavy atom. The molecule has 1 heterocycles. The first kappa shape index (κ1) is 25.7. The summed E-state index contributed by atoms with van der Waals surface area (Å²) in [5.41, 5.74) is 9.19. The third kappa shape index (κ3) is 7.30. The first-order valence-electron chi connectivity index (χ1n) is 12.3. The molecule has 0 unspecified atom stereocenters. The van der Waals surface area contributed by atoms with Crippen molar-refractivity contribution in [3.8, 4) is 11.1 Å². The molecule has 0 atom stereocenters. The number of nitrogens with one attached hydrogen (secondary N) is 1. The molecule has 0 radical (unpaired) electrons. The minimum Gasteiger partial charge on any atom is -0.465 e. The van der Waals surface area contributed by atoms with E-state index in [-0.39, 0.29) is 5.91 Å². The average molecular weight is 467 g/mol. The number of hydrogen-bond acceptors (Lipinski definition) is 4. The van der Waals surface area contributed by atoms with Gasteiger partial charge in [-0.3, -0.25) is 10.1 Å². The molecule has 7 heteroatoms. The molecular weight excluding hydrogens is 428 g/mol. The zero-order valence-corrected chi connectivity index (χ0v) is 20.2. The lowest BCUT2D eigenvalue weighted by Gasteiger charge is -2.34. The van der Waals surface area contributed by atoms with E-state index in [1.807, 2.05) is 54.4 Å². The summed E-state index contributed by atoms with van der Waals surface area (Å²) >= 11 is 0. The van der Waals surface area contributed by atoms with Crippen molar-refractivity contribution in [3.63, 3.8) is 0 Å². The van der Waals surface area contributed by atoms with Gasteiger partial charge in [0.25, 0.3) is 0 Å². The third-order valence-electron chi connectivity index (χ3n) is 6.71. The van der Waals surface area contributed by atoms with Gasteiger partial charge in [0.1, 0.15) is 0 Å². The van der Waals surface area contributed by atoms with Crippen LogP contribution in [0.1, 0.15) is 50.0 Å². The van der Waals surface area contributed by atoms with Gasteiger partial charge >= 0.3 is 6.09 Å². The minimum absolute atomic E-state index is 0.203. The van der Waals surface area contributed by atoms with Gasteiger partial charge in [-0.2, -0.15) is 0 Å². The summed E-state index contributed by atoms with van der Waals surface area (Å²) in [7, 11) is 1.89. The monoisotopic (exact) mass is 466 g/mol. The minimum atomic E-state index is -1.04. The predicted octanol–water partition coefficient (Wildman–Crippen LogP) is 4.60. The number of para-hydroxylation sites is 1. The molecule has 0 aromatic heterocycles. The molecule has 7 nitrogen and oxygen atoms in total. The van der Waals surface area contributed by atoms with Crippen LogP contribution >= 0.6 is 0 Å². The molecule has 1 fully saturated rings. The molecule has 2 aromatic rings. The highest BCUT2D eigenvalue weighted by atomic mass is 16.4. The van der Waals surface area contributed by atoms with Crippen LogP contribution in [0.2, 0.25) is 0 Å². The normalized spacial score (nSPS) is 14.6. The number of anilines is 1. The van der Waals surface area contributed by atoms with Crippen LogP contribution in [0.3, 0.4) is 0 Å². The molecule has 1 aliphatic rings. The van der Waals surface area contributed by atoms with E-state index in [9.17, 15) is 14.7 Å². The van der Waals surface area contributed by atoms with Crippen molar-refractivity contribution >= 4 is 17.7 Å². The van der Waals surface area contributed by atoms with Gasteiger partial charge in [-0.1, -0.05) is 55.0 Å². The first-order chi connectivity index (χ1) is 16.5. The number of unbranched alkanes of at least 4 members (excludes halogenated alkanes) is 2. The number of carbonyl (C=O) groups excluding carboxylic acids is 1. The van der Waals surface area contributed by atoms with Crippen molar-refractivity contribution in [2.45, 2.75) is 44.4 Å². The number of piperidine rings is 1. The highest BCUT2D eigenvalue weighted by Crippen LogP contribution is 2.38. The standard InChI is InChI=1S/C27H38N4O3/c1-30(25(32)13-6-3-7-16-28)19-20-31-17-14-22(15-18-31)24-12-8-11-23(26(24)29-27(33)34)21-9-4-2-5-10-21/h2,4-5,8-12,22,29H,3,6-7,13-20,28H2,1H3,(H,33,34). The van der Waals surface area contributed by atoms with Crippen LogP contribution in [-0.2, 0) is 4.79 Å². The van der Waals surface area contributed by atoms with Crippen LogP contribution in [-0.4, -0.2) is 66.7 Å². The lowest BCUT2D eigenvalue weighted by atomic mass is 9.86. The molecule has 2 amide bonds. The smallest absolute Gasteiger partial charge is 0.409 e. The predicted molar refractivity (Wildman–Crippen MR) is 137 cm³/mol. The Bertz CT molecular complexity index is 927. The lowest BCUT2D eigenvalue weighted by Crippen LogP contribution is -2.40. The number of benzene rings is 2. The maximum absolute atomic E-state index is 12.3. The Morgan fingerprint density at radius 2 is 1.79 bits per heavy atom. The number of nitrogens with two attached hydrogens (primary N) is 1. The second-order valence-corrected chi connectivity index (χ2v) is 9.10. The fraction of sp³-hybridized carbons (Fsp3) is 0.481. The average Bonchev–Trinajstić information content (AvgIpc) is 2.85. The topological polar surface area (TPSA) is 98.9 Å². The summed E-state index contributed by atoms with van der Waals surface area (Å²) in [4.78, 5) is 28.1. The third-order valence-corrected chi connectivity index (χ3v) is 6.71. The fourth-order valence-electron chi connectivity index (χ4n) is 4.69. The number of likely N-dealkylation sites (tertiary alicyclic amines) is 1. The van der Waals surface area contributed by atoms with Crippen LogP contribution in [0.5, 0.6) is 0 Å². The zero-order chi connectivity index (χ0) is 24.3.